The number of piperazine rings is 1. The van der Waals surface area contributed by atoms with Gasteiger partial charge in [-0.1, -0.05) is 18.2 Å². The fourth-order valence-electron chi connectivity index (χ4n) is 3.17. The van der Waals surface area contributed by atoms with E-state index in [-0.39, 0.29) is 5.91 Å². The Hall–Kier alpha value is -2.89. The van der Waals surface area contributed by atoms with E-state index in [1.807, 2.05) is 53.4 Å². The van der Waals surface area contributed by atoms with Gasteiger partial charge in [-0.2, -0.15) is 0 Å². The van der Waals surface area contributed by atoms with Crippen molar-refractivity contribution in [3.05, 3.63) is 48.5 Å². The van der Waals surface area contributed by atoms with E-state index in [4.69, 9.17) is 14.2 Å². The fraction of sp³-hybridized carbons (Fsp3) is 0.381. The van der Waals surface area contributed by atoms with Crippen molar-refractivity contribution in [1.29, 1.82) is 0 Å². The van der Waals surface area contributed by atoms with Crippen molar-refractivity contribution in [3.8, 4) is 17.2 Å². The second-order valence-electron chi connectivity index (χ2n) is 6.32. The molecule has 144 valence electrons. The number of carbonyl (C=O) groups excluding carboxylic acids is 1. The molecule has 1 amide bonds. The molecule has 0 spiro atoms. The van der Waals surface area contributed by atoms with Crippen LogP contribution in [0.5, 0.6) is 17.2 Å². The third-order valence-corrected chi connectivity index (χ3v) is 4.69. The molecule has 3 rings (SSSR count). The smallest absolute Gasteiger partial charge is 0.226 e. The zero-order valence-corrected chi connectivity index (χ0v) is 15.9. The third-order valence-electron chi connectivity index (χ3n) is 4.69. The van der Waals surface area contributed by atoms with E-state index in [1.54, 1.807) is 14.2 Å². The molecule has 27 heavy (non-hydrogen) atoms. The van der Waals surface area contributed by atoms with Gasteiger partial charge in [0.25, 0.3) is 0 Å². The number of benzene rings is 2. The summed E-state index contributed by atoms with van der Waals surface area (Å²) in [6, 6.07) is 15.3. The molecule has 0 bridgehead atoms. The predicted octanol–water partition coefficient (Wildman–Crippen LogP) is 2.82. The molecule has 1 aliphatic heterocycles. The summed E-state index contributed by atoms with van der Waals surface area (Å²) in [5.41, 5.74) is 0.997. The van der Waals surface area contributed by atoms with Crippen LogP contribution < -0.4 is 19.1 Å². The lowest BCUT2D eigenvalue weighted by molar-refractivity contribution is -0.132. The first-order valence-electron chi connectivity index (χ1n) is 9.14. The maximum atomic E-state index is 12.4. The van der Waals surface area contributed by atoms with Crippen LogP contribution in [0.15, 0.2) is 48.5 Å². The molecule has 6 heteroatoms. The molecule has 0 radical (unpaired) electrons. The molecule has 0 atom stereocenters. The van der Waals surface area contributed by atoms with E-state index < -0.39 is 0 Å². The monoisotopic (exact) mass is 370 g/mol. The van der Waals surface area contributed by atoms with Crippen LogP contribution in [0.25, 0.3) is 0 Å². The summed E-state index contributed by atoms with van der Waals surface area (Å²) in [7, 11) is 3.32. The van der Waals surface area contributed by atoms with Crippen molar-refractivity contribution in [2.24, 2.45) is 0 Å². The van der Waals surface area contributed by atoms with Crippen LogP contribution in [0.2, 0.25) is 0 Å². The van der Waals surface area contributed by atoms with Gasteiger partial charge in [0.1, 0.15) is 17.2 Å². The lowest BCUT2D eigenvalue weighted by atomic mass is 10.2. The second-order valence-corrected chi connectivity index (χ2v) is 6.32. The fourth-order valence-corrected chi connectivity index (χ4v) is 3.17. The maximum Gasteiger partial charge on any atom is 0.226 e. The van der Waals surface area contributed by atoms with E-state index in [2.05, 4.69) is 4.90 Å². The molecular weight excluding hydrogens is 344 g/mol. The van der Waals surface area contributed by atoms with Crippen LogP contribution in [0.1, 0.15) is 6.42 Å². The summed E-state index contributed by atoms with van der Waals surface area (Å²) >= 11 is 0. The highest BCUT2D eigenvalue weighted by Crippen LogP contribution is 2.32. The van der Waals surface area contributed by atoms with Gasteiger partial charge in [-0.3, -0.25) is 4.79 Å². The van der Waals surface area contributed by atoms with Crippen molar-refractivity contribution in [2.45, 2.75) is 6.42 Å². The number of rotatable bonds is 7. The van der Waals surface area contributed by atoms with Gasteiger partial charge in [0.05, 0.1) is 32.9 Å². The minimum absolute atomic E-state index is 0.128. The average molecular weight is 370 g/mol. The molecule has 0 N–H and O–H groups in total. The lowest BCUT2D eigenvalue weighted by Crippen LogP contribution is -2.49. The van der Waals surface area contributed by atoms with Crippen LogP contribution in [0.4, 0.5) is 5.69 Å². The van der Waals surface area contributed by atoms with Crippen LogP contribution in [-0.2, 0) is 4.79 Å². The van der Waals surface area contributed by atoms with Crippen molar-refractivity contribution in [1.82, 2.24) is 4.90 Å². The largest absolute Gasteiger partial charge is 0.497 e. The van der Waals surface area contributed by atoms with Gasteiger partial charge in [0.15, 0.2) is 0 Å². The highest BCUT2D eigenvalue weighted by atomic mass is 16.5. The molecule has 6 nitrogen and oxygen atoms in total. The molecule has 1 saturated heterocycles. The molecule has 0 aliphatic carbocycles. The van der Waals surface area contributed by atoms with Crippen molar-refractivity contribution >= 4 is 11.6 Å². The van der Waals surface area contributed by atoms with Crippen molar-refractivity contribution in [3.63, 3.8) is 0 Å². The summed E-state index contributed by atoms with van der Waals surface area (Å²) in [5.74, 6) is 2.53. The first kappa shape index (κ1) is 18.9. The van der Waals surface area contributed by atoms with Crippen LogP contribution in [0, 0.1) is 0 Å². The minimum atomic E-state index is 0.128. The molecule has 2 aromatic carbocycles. The Kier molecular flexibility index (Phi) is 6.41. The number of ether oxygens (including phenoxy) is 3. The number of nitrogens with zero attached hydrogens (tertiary/aromatic N) is 2. The minimum Gasteiger partial charge on any atom is -0.497 e. The van der Waals surface area contributed by atoms with Gasteiger partial charge in [-0.25, -0.2) is 0 Å². The van der Waals surface area contributed by atoms with Crippen molar-refractivity contribution < 1.29 is 19.0 Å². The molecule has 0 aromatic heterocycles. The molecule has 1 aliphatic rings. The van der Waals surface area contributed by atoms with Gasteiger partial charge in [-0.05, 0) is 24.3 Å². The zero-order valence-electron chi connectivity index (χ0n) is 15.9. The molecule has 0 unspecified atom stereocenters. The van der Waals surface area contributed by atoms with Gasteiger partial charge >= 0.3 is 0 Å². The number of methoxy groups -OCH3 is 2. The van der Waals surface area contributed by atoms with E-state index in [1.165, 1.54) is 0 Å². The first-order chi connectivity index (χ1) is 13.2. The molecule has 2 aromatic rings. The van der Waals surface area contributed by atoms with Crippen LogP contribution in [0.3, 0.4) is 0 Å². The van der Waals surface area contributed by atoms with E-state index in [0.717, 1.165) is 36.0 Å². The van der Waals surface area contributed by atoms with Gasteiger partial charge < -0.3 is 24.0 Å². The molecule has 0 saturated carbocycles. The Morgan fingerprint density at radius 3 is 2.33 bits per heavy atom. The number of hydrogen-bond donors (Lipinski definition) is 0. The van der Waals surface area contributed by atoms with E-state index in [9.17, 15) is 4.79 Å². The number of para-hydroxylation sites is 1. The van der Waals surface area contributed by atoms with Crippen LogP contribution >= 0.6 is 0 Å². The Morgan fingerprint density at radius 2 is 1.67 bits per heavy atom. The Labute approximate surface area is 160 Å². The number of amides is 1. The van der Waals surface area contributed by atoms with Crippen molar-refractivity contribution in [2.75, 3.05) is 51.9 Å². The van der Waals surface area contributed by atoms with Gasteiger partial charge in [-0.15, -0.1) is 0 Å². The number of anilines is 1. The average Bonchev–Trinajstić information content (AvgIpc) is 2.74. The lowest BCUT2D eigenvalue weighted by Gasteiger charge is -2.36. The Morgan fingerprint density at radius 1 is 0.926 bits per heavy atom. The highest BCUT2D eigenvalue weighted by molar-refractivity contribution is 5.76. The van der Waals surface area contributed by atoms with Gasteiger partial charge in [0, 0.05) is 32.2 Å². The molecular formula is C21H26N2O4. The SMILES string of the molecule is COc1ccc(OC)c(N2CCN(C(=O)CCOc3ccccc3)CC2)c1. The summed E-state index contributed by atoms with van der Waals surface area (Å²) < 4.78 is 16.4. The van der Waals surface area contributed by atoms with Crippen LogP contribution in [-0.4, -0.2) is 57.8 Å². The first-order valence-corrected chi connectivity index (χ1v) is 9.14. The number of carbonyl (C=O) groups is 1. The quantitative estimate of drug-likeness (QED) is 0.750. The predicted molar refractivity (Wildman–Crippen MR) is 105 cm³/mol. The van der Waals surface area contributed by atoms with E-state index in [0.29, 0.717) is 26.1 Å². The topological polar surface area (TPSA) is 51.2 Å². The third kappa shape index (κ3) is 4.84. The molecule has 1 heterocycles. The normalized spacial score (nSPS) is 14.0. The van der Waals surface area contributed by atoms with E-state index >= 15 is 0 Å². The Balaban J connectivity index is 1.50. The number of hydrogen-bond acceptors (Lipinski definition) is 5. The van der Waals surface area contributed by atoms with Gasteiger partial charge in [0.2, 0.25) is 5.91 Å². The molecule has 1 fully saturated rings. The summed E-state index contributed by atoms with van der Waals surface area (Å²) in [4.78, 5) is 16.6. The maximum absolute atomic E-state index is 12.4. The summed E-state index contributed by atoms with van der Waals surface area (Å²) in [5, 5.41) is 0. The summed E-state index contributed by atoms with van der Waals surface area (Å²) in [6.07, 6.45) is 0.386. The summed E-state index contributed by atoms with van der Waals surface area (Å²) in [6.45, 7) is 3.28. The second kappa shape index (κ2) is 9.16. The Bertz CT molecular complexity index is 743. The zero-order chi connectivity index (χ0) is 19.1. The standard InChI is InChI=1S/C21H26N2O4/c1-25-18-8-9-20(26-2)19(16-18)22-11-13-23(14-12-22)21(24)10-15-27-17-6-4-3-5-7-17/h3-9,16H,10-15H2,1-2H3. The highest BCUT2D eigenvalue weighted by Gasteiger charge is 2.23.